The molecular formula is C26H30Br2IN3O7. The molecule has 2 aromatic rings. The first-order valence-corrected chi connectivity index (χ1v) is 15.0. The van der Waals surface area contributed by atoms with E-state index in [1.165, 1.54) is 0 Å². The number of phenolic OH excluding ortho intramolecular Hbond substituents is 1. The molecule has 4 bridgehead atoms. The van der Waals surface area contributed by atoms with Crippen molar-refractivity contribution in [2.75, 3.05) is 6.61 Å². The number of hydrogen-bond acceptors (Lipinski definition) is 7. The zero-order valence-corrected chi connectivity index (χ0v) is 26.6. The van der Waals surface area contributed by atoms with Crippen molar-refractivity contribution in [3.8, 4) is 17.2 Å². The molecule has 13 heteroatoms. The van der Waals surface area contributed by atoms with Gasteiger partial charge in [0.2, 0.25) is 11.8 Å². The standard InChI is InChI=1S/C26H30Br2IN3O7/c1-3-4-5-38-12(2)21-25(35)31-19(26(36)37)10-13-6-15(27)23(16(28)7-13)39-20-11-14(8-17(29)22(20)33)9-18(30)24(34)32-21/h6-8,11-12,18-19,21,33H,3-5,9-10,30H2,1-2H3,(H,31,35)(H,32,34)(H,36,37)/t12-,18+,19+,21+/m1/s1. The van der Waals surface area contributed by atoms with Crippen LogP contribution in [-0.2, 0) is 32.0 Å². The number of benzene rings is 2. The number of aromatic hydroxyl groups is 1. The van der Waals surface area contributed by atoms with Gasteiger partial charge >= 0.3 is 5.97 Å². The fraction of sp³-hybridized carbons (Fsp3) is 0.423. The molecule has 0 unspecified atom stereocenters. The lowest BCUT2D eigenvalue weighted by Gasteiger charge is -2.27. The summed E-state index contributed by atoms with van der Waals surface area (Å²) in [5.41, 5.74) is 7.43. The molecule has 0 radical (unpaired) electrons. The number of fused-ring (bicyclic) bond motifs is 10. The van der Waals surface area contributed by atoms with Crippen molar-refractivity contribution < 1.29 is 34.1 Å². The van der Waals surface area contributed by atoms with Gasteiger partial charge in [-0.1, -0.05) is 13.3 Å². The molecule has 0 saturated carbocycles. The van der Waals surface area contributed by atoms with Crippen molar-refractivity contribution in [3.05, 3.63) is 47.9 Å². The Bertz CT molecular complexity index is 1220. The zero-order valence-electron chi connectivity index (χ0n) is 21.3. The van der Waals surface area contributed by atoms with Crippen LogP contribution in [0, 0.1) is 3.57 Å². The molecule has 0 fully saturated rings. The maximum atomic E-state index is 13.3. The molecule has 2 aromatic carbocycles. The van der Waals surface area contributed by atoms with Gasteiger partial charge in [0.25, 0.3) is 0 Å². The average Bonchev–Trinajstić information content (AvgIpc) is 2.86. The lowest BCUT2D eigenvalue weighted by Crippen LogP contribution is -2.59. The number of nitrogens with one attached hydrogen (secondary N) is 2. The molecule has 39 heavy (non-hydrogen) atoms. The van der Waals surface area contributed by atoms with Crippen LogP contribution in [0.25, 0.3) is 0 Å². The fourth-order valence-corrected chi connectivity index (χ4v) is 6.08. The summed E-state index contributed by atoms with van der Waals surface area (Å²) in [5.74, 6) is -2.14. The Hall–Kier alpha value is -1.94. The van der Waals surface area contributed by atoms with Gasteiger partial charge in [0.15, 0.2) is 17.2 Å². The lowest BCUT2D eigenvalue weighted by molar-refractivity contribution is -0.143. The number of rotatable bonds is 6. The van der Waals surface area contributed by atoms with Crippen LogP contribution in [0.2, 0.25) is 0 Å². The van der Waals surface area contributed by atoms with Crippen LogP contribution in [-0.4, -0.2) is 58.8 Å². The highest BCUT2D eigenvalue weighted by Gasteiger charge is 2.33. The highest BCUT2D eigenvalue weighted by atomic mass is 127. The summed E-state index contributed by atoms with van der Waals surface area (Å²) in [6.45, 7) is 4.01. The monoisotopic (exact) mass is 781 g/mol. The van der Waals surface area contributed by atoms with Crippen LogP contribution in [0.5, 0.6) is 17.2 Å². The molecule has 4 rings (SSSR count). The van der Waals surface area contributed by atoms with Crippen LogP contribution in [0.3, 0.4) is 0 Å². The van der Waals surface area contributed by atoms with Gasteiger partial charge in [-0.3, -0.25) is 9.59 Å². The molecule has 4 atom stereocenters. The van der Waals surface area contributed by atoms with Crippen LogP contribution in [0.1, 0.15) is 37.8 Å². The number of unbranched alkanes of at least 4 members (excludes halogenated alkanes) is 1. The van der Waals surface area contributed by atoms with Crippen LogP contribution in [0.15, 0.2) is 33.2 Å². The Morgan fingerprint density at radius 2 is 1.79 bits per heavy atom. The summed E-state index contributed by atoms with van der Waals surface area (Å²) in [5, 5.41) is 25.7. The van der Waals surface area contributed by atoms with Gasteiger partial charge < -0.3 is 36.1 Å². The maximum absolute atomic E-state index is 13.3. The second-order valence-corrected chi connectivity index (χ2v) is 12.1. The largest absolute Gasteiger partial charge is 0.504 e. The molecule has 212 valence electrons. The predicted octanol–water partition coefficient (Wildman–Crippen LogP) is 4.00. The number of carboxylic acid groups (broad SMARTS) is 1. The number of phenols is 1. The molecule has 10 nitrogen and oxygen atoms in total. The quantitative estimate of drug-likeness (QED) is 0.217. The molecule has 2 aliphatic heterocycles. The number of nitrogens with two attached hydrogens (primary N) is 1. The number of carbonyl (C=O) groups is 3. The van der Waals surface area contributed by atoms with E-state index in [2.05, 4.69) is 42.5 Å². The summed E-state index contributed by atoms with van der Waals surface area (Å²) in [7, 11) is 0. The van der Waals surface area contributed by atoms with E-state index in [1.54, 1.807) is 31.2 Å². The van der Waals surface area contributed by atoms with Crippen molar-refractivity contribution in [3.63, 3.8) is 0 Å². The van der Waals surface area contributed by atoms with Crippen molar-refractivity contribution >= 4 is 72.2 Å². The van der Waals surface area contributed by atoms with E-state index in [4.69, 9.17) is 15.2 Å². The number of carbonyl (C=O) groups excluding carboxylic acids is 2. The number of aliphatic carboxylic acids is 1. The summed E-state index contributed by atoms with van der Waals surface area (Å²) in [6, 6.07) is 3.11. The molecule has 2 amide bonds. The first-order valence-electron chi connectivity index (χ1n) is 12.3. The SMILES string of the molecule is CCCCO[C@H](C)[C@@H]1NC(=O)[C@@H](N)Cc2cc(I)c(O)c(c2)Oc2c(Br)cc(cc2Br)C[C@@H](C(=O)O)NC1=O. The minimum Gasteiger partial charge on any atom is -0.504 e. The zero-order chi connectivity index (χ0) is 28.9. The van der Waals surface area contributed by atoms with Crippen molar-refractivity contribution in [2.24, 2.45) is 5.73 Å². The highest BCUT2D eigenvalue weighted by Crippen LogP contribution is 2.42. The topological polar surface area (TPSA) is 160 Å². The van der Waals surface area contributed by atoms with Gasteiger partial charge in [-0.2, -0.15) is 0 Å². The minimum absolute atomic E-state index is 0.0531. The molecule has 2 heterocycles. The molecule has 2 aliphatic rings. The van der Waals surface area contributed by atoms with Crippen LogP contribution >= 0.6 is 54.5 Å². The summed E-state index contributed by atoms with van der Waals surface area (Å²) in [6.07, 6.45) is 0.914. The third-order valence-corrected chi connectivity index (χ3v) is 8.13. The van der Waals surface area contributed by atoms with E-state index in [1.807, 2.05) is 29.5 Å². The molecule has 0 saturated heterocycles. The molecular weight excluding hydrogens is 753 g/mol. The summed E-state index contributed by atoms with van der Waals surface area (Å²) in [4.78, 5) is 38.6. The number of ether oxygens (including phenoxy) is 2. The van der Waals surface area contributed by atoms with Gasteiger partial charge in [0.1, 0.15) is 12.1 Å². The fourth-order valence-electron chi connectivity index (χ4n) is 3.97. The van der Waals surface area contributed by atoms with E-state index < -0.39 is 42.0 Å². The molecule has 0 spiro atoms. The first kappa shape index (κ1) is 31.6. The summed E-state index contributed by atoms with van der Waals surface area (Å²) < 4.78 is 13.3. The second-order valence-electron chi connectivity index (χ2n) is 9.24. The Morgan fingerprint density at radius 3 is 2.41 bits per heavy atom. The second kappa shape index (κ2) is 14.1. The average molecular weight is 783 g/mol. The Morgan fingerprint density at radius 1 is 1.15 bits per heavy atom. The van der Waals surface area contributed by atoms with E-state index >= 15 is 0 Å². The van der Waals surface area contributed by atoms with Gasteiger partial charge in [-0.25, -0.2) is 4.79 Å². The third kappa shape index (κ3) is 8.28. The minimum atomic E-state index is -1.30. The molecule has 0 aromatic heterocycles. The first-order chi connectivity index (χ1) is 18.4. The van der Waals surface area contributed by atoms with E-state index in [0.717, 1.165) is 12.8 Å². The van der Waals surface area contributed by atoms with Gasteiger partial charge in [-0.15, -0.1) is 0 Å². The van der Waals surface area contributed by atoms with Crippen molar-refractivity contribution in [1.82, 2.24) is 10.6 Å². The molecule has 0 aliphatic carbocycles. The van der Waals surface area contributed by atoms with E-state index in [0.29, 0.717) is 36.0 Å². The molecule has 6 N–H and O–H groups in total. The van der Waals surface area contributed by atoms with Crippen LogP contribution < -0.4 is 21.1 Å². The smallest absolute Gasteiger partial charge is 0.326 e. The Balaban J connectivity index is 2.08. The normalized spacial score (nSPS) is 20.9. The lowest BCUT2D eigenvalue weighted by atomic mass is 10.0. The predicted molar refractivity (Wildman–Crippen MR) is 160 cm³/mol. The maximum Gasteiger partial charge on any atom is 0.326 e. The van der Waals surface area contributed by atoms with Crippen molar-refractivity contribution in [2.45, 2.75) is 63.8 Å². The van der Waals surface area contributed by atoms with Gasteiger partial charge in [0.05, 0.1) is 24.7 Å². The highest BCUT2D eigenvalue weighted by molar-refractivity contribution is 14.1. The van der Waals surface area contributed by atoms with Gasteiger partial charge in [0, 0.05) is 13.0 Å². The number of halogens is 3. The van der Waals surface area contributed by atoms with Crippen molar-refractivity contribution in [1.29, 1.82) is 0 Å². The number of amides is 2. The Labute approximate surface area is 256 Å². The van der Waals surface area contributed by atoms with E-state index in [9.17, 15) is 24.6 Å². The Kier molecular flexibility index (Phi) is 11.4. The number of carboxylic acids is 1. The van der Waals surface area contributed by atoms with Gasteiger partial charge in [-0.05, 0) is 110 Å². The van der Waals surface area contributed by atoms with E-state index in [-0.39, 0.29) is 24.3 Å². The van der Waals surface area contributed by atoms with Crippen LogP contribution in [0.4, 0.5) is 0 Å². The third-order valence-electron chi connectivity index (χ3n) is 6.13. The number of hydrogen-bond donors (Lipinski definition) is 5. The summed E-state index contributed by atoms with van der Waals surface area (Å²) >= 11 is 8.88.